The number of likely N-dealkylation sites (tertiary alicyclic amines) is 1. The van der Waals surface area contributed by atoms with Gasteiger partial charge in [-0.05, 0) is 49.9 Å². The smallest absolute Gasteiger partial charge is 0.253 e. The minimum atomic E-state index is -1.20. The summed E-state index contributed by atoms with van der Waals surface area (Å²) in [5.74, 6) is -2.42. The van der Waals surface area contributed by atoms with Gasteiger partial charge in [0.2, 0.25) is 11.8 Å². The van der Waals surface area contributed by atoms with Gasteiger partial charge in [-0.25, -0.2) is 0 Å². The minimum Gasteiger partial charge on any atom is -0.396 e. The Morgan fingerprint density at radius 1 is 1.05 bits per heavy atom. The van der Waals surface area contributed by atoms with Crippen molar-refractivity contribution < 1.29 is 24.2 Å². The van der Waals surface area contributed by atoms with Gasteiger partial charge in [-0.1, -0.05) is 64.5 Å². The number of anilines is 2. The number of aryl methyl sites for hydroxylation is 2. The van der Waals surface area contributed by atoms with Crippen molar-refractivity contribution in [1.82, 2.24) is 4.90 Å². The normalized spacial score (nSPS) is 27.6. The van der Waals surface area contributed by atoms with E-state index in [9.17, 15) is 19.5 Å². The van der Waals surface area contributed by atoms with Crippen LogP contribution in [-0.4, -0.2) is 76.5 Å². The molecule has 3 aliphatic rings. The van der Waals surface area contributed by atoms with Crippen molar-refractivity contribution in [1.29, 1.82) is 0 Å². The van der Waals surface area contributed by atoms with Gasteiger partial charge in [0.1, 0.15) is 11.6 Å². The van der Waals surface area contributed by atoms with E-state index in [1.165, 1.54) is 0 Å². The molecule has 42 heavy (non-hydrogen) atoms. The van der Waals surface area contributed by atoms with Crippen LogP contribution in [0.1, 0.15) is 24.0 Å². The van der Waals surface area contributed by atoms with Gasteiger partial charge in [-0.15, -0.1) is 13.2 Å². The Morgan fingerprint density at radius 2 is 1.69 bits per heavy atom. The quantitative estimate of drug-likeness (QED) is 0.296. The van der Waals surface area contributed by atoms with Crippen LogP contribution in [-0.2, 0) is 19.1 Å². The second kappa shape index (κ2) is 12.1. The lowest BCUT2D eigenvalue weighted by atomic mass is 9.70. The van der Waals surface area contributed by atoms with E-state index in [1.54, 1.807) is 26.9 Å². The highest BCUT2D eigenvalue weighted by Crippen LogP contribution is 2.60. The first kappa shape index (κ1) is 30.2. The number of carbonyl (C=O) groups is 3. The highest BCUT2D eigenvalue weighted by molar-refractivity contribution is 9.09. The molecule has 3 unspecified atom stereocenters. The third-order valence-electron chi connectivity index (χ3n) is 8.80. The second-order valence-electron chi connectivity index (χ2n) is 11.3. The SMILES string of the molecule is C=CCN(C(=O)[C@H]1[C@@H]2OC3(CC2Br)C(C(=O)N(CC=C)c2c(C)cccc2C)N(CCCO)C(=O)[C@H]13)c1ccccc1. The van der Waals surface area contributed by atoms with E-state index >= 15 is 0 Å². The zero-order valence-corrected chi connectivity index (χ0v) is 25.7. The van der Waals surface area contributed by atoms with Crippen molar-refractivity contribution >= 4 is 45.0 Å². The van der Waals surface area contributed by atoms with Crippen LogP contribution in [0.3, 0.4) is 0 Å². The summed E-state index contributed by atoms with van der Waals surface area (Å²) in [4.78, 5) is 48.1. The molecule has 3 aliphatic heterocycles. The average Bonchev–Trinajstić information content (AvgIpc) is 3.57. The Labute approximate surface area is 255 Å². The van der Waals surface area contributed by atoms with Gasteiger partial charge in [0, 0.05) is 42.4 Å². The molecule has 8 nitrogen and oxygen atoms in total. The minimum absolute atomic E-state index is 0.135. The Hall–Kier alpha value is -3.27. The number of rotatable bonds is 11. The van der Waals surface area contributed by atoms with Gasteiger partial charge in [0.25, 0.3) is 5.91 Å². The van der Waals surface area contributed by atoms with Gasteiger partial charge >= 0.3 is 0 Å². The number of para-hydroxylation sites is 2. The van der Waals surface area contributed by atoms with E-state index in [1.807, 2.05) is 62.4 Å². The number of nitrogens with zero attached hydrogens (tertiary/aromatic N) is 3. The van der Waals surface area contributed by atoms with Gasteiger partial charge < -0.3 is 24.5 Å². The number of fused-ring (bicyclic) bond motifs is 1. The van der Waals surface area contributed by atoms with Gasteiger partial charge in [0.05, 0.1) is 17.9 Å². The van der Waals surface area contributed by atoms with Crippen LogP contribution >= 0.6 is 15.9 Å². The molecule has 6 atom stereocenters. The number of aliphatic hydroxyl groups is 1. The molecular weight excluding hydrogens is 598 g/mol. The summed E-state index contributed by atoms with van der Waals surface area (Å²) in [6, 6.07) is 14.2. The highest BCUT2D eigenvalue weighted by Gasteiger charge is 2.77. The van der Waals surface area contributed by atoms with Crippen molar-refractivity contribution in [3.63, 3.8) is 0 Å². The predicted octanol–water partition coefficient (Wildman–Crippen LogP) is 4.17. The lowest BCUT2D eigenvalue weighted by molar-refractivity contribution is -0.140. The van der Waals surface area contributed by atoms with Crippen LogP contribution in [0.2, 0.25) is 0 Å². The van der Waals surface area contributed by atoms with E-state index in [-0.39, 0.29) is 48.8 Å². The van der Waals surface area contributed by atoms with Crippen LogP contribution in [0.4, 0.5) is 11.4 Å². The molecule has 0 aromatic heterocycles. The lowest BCUT2D eigenvalue weighted by Crippen LogP contribution is -2.57. The van der Waals surface area contributed by atoms with E-state index in [0.29, 0.717) is 18.5 Å². The topological polar surface area (TPSA) is 90.4 Å². The largest absolute Gasteiger partial charge is 0.396 e. The standard InChI is InChI=1S/C33H38BrN3O5/c1-5-16-35(23-14-8-7-9-15-23)30(39)25-26-31(40)37(18-11-19-38)29(33(26)20-24(34)28(25)42-33)32(41)36(17-6-2)27-21(3)12-10-13-22(27)4/h5-10,12-15,24-26,28-29,38H,1-2,11,16-20H2,3-4H3/t24?,25-,26+,28-,29?,33?/m1/s1. The average molecular weight is 637 g/mol. The molecule has 222 valence electrons. The van der Waals surface area contributed by atoms with E-state index in [4.69, 9.17) is 4.74 Å². The van der Waals surface area contributed by atoms with Crippen LogP contribution in [0.5, 0.6) is 0 Å². The maximum absolute atomic E-state index is 14.7. The van der Waals surface area contributed by atoms with Crippen LogP contribution in [0.15, 0.2) is 73.8 Å². The van der Waals surface area contributed by atoms with E-state index in [0.717, 1.165) is 16.8 Å². The molecular formula is C33H38BrN3O5. The number of aliphatic hydroxyl groups excluding tert-OH is 1. The first-order valence-electron chi connectivity index (χ1n) is 14.4. The predicted molar refractivity (Wildman–Crippen MR) is 167 cm³/mol. The number of carbonyl (C=O) groups excluding carboxylic acids is 3. The zero-order valence-electron chi connectivity index (χ0n) is 24.1. The maximum atomic E-state index is 14.7. The molecule has 2 aromatic carbocycles. The summed E-state index contributed by atoms with van der Waals surface area (Å²) in [6.45, 7) is 12.2. The van der Waals surface area contributed by atoms with Crippen LogP contribution in [0, 0.1) is 25.7 Å². The molecule has 1 N–H and O–H groups in total. The van der Waals surface area contributed by atoms with Gasteiger partial charge in [0.15, 0.2) is 0 Å². The molecule has 3 fully saturated rings. The van der Waals surface area contributed by atoms with Crippen LogP contribution in [0.25, 0.3) is 0 Å². The number of amides is 3. The third kappa shape index (κ3) is 4.81. The second-order valence-corrected chi connectivity index (χ2v) is 12.5. The van der Waals surface area contributed by atoms with Crippen molar-refractivity contribution in [2.75, 3.05) is 36.0 Å². The van der Waals surface area contributed by atoms with Crippen molar-refractivity contribution in [3.05, 3.63) is 85.0 Å². The summed E-state index contributed by atoms with van der Waals surface area (Å²) < 4.78 is 6.71. The fraction of sp³-hybridized carbons (Fsp3) is 0.424. The maximum Gasteiger partial charge on any atom is 0.253 e. The molecule has 3 heterocycles. The van der Waals surface area contributed by atoms with Crippen molar-refractivity contribution in [2.45, 2.75) is 49.3 Å². The first-order valence-corrected chi connectivity index (χ1v) is 15.3. The summed E-state index contributed by atoms with van der Waals surface area (Å²) in [6.07, 6.45) is 3.47. The van der Waals surface area contributed by atoms with E-state index < -0.39 is 29.6 Å². The number of ether oxygens (including phenoxy) is 1. The summed E-state index contributed by atoms with van der Waals surface area (Å²) >= 11 is 3.76. The number of alkyl halides is 1. The monoisotopic (exact) mass is 635 g/mol. The van der Waals surface area contributed by atoms with Crippen LogP contribution < -0.4 is 9.80 Å². The first-order chi connectivity index (χ1) is 20.2. The number of hydrogen-bond acceptors (Lipinski definition) is 5. The third-order valence-corrected chi connectivity index (χ3v) is 9.64. The molecule has 2 aromatic rings. The molecule has 0 radical (unpaired) electrons. The molecule has 1 spiro atoms. The Balaban J connectivity index is 1.60. The Kier molecular flexibility index (Phi) is 8.73. The molecule has 5 rings (SSSR count). The molecule has 2 bridgehead atoms. The molecule has 0 aliphatic carbocycles. The van der Waals surface area contributed by atoms with Gasteiger partial charge in [-0.2, -0.15) is 0 Å². The molecule has 3 amide bonds. The Bertz CT molecular complexity index is 1360. The summed E-state index contributed by atoms with van der Waals surface area (Å²) in [5.41, 5.74) is 2.13. The number of halogens is 1. The zero-order chi connectivity index (χ0) is 30.2. The lowest BCUT2D eigenvalue weighted by Gasteiger charge is -2.38. The molecule has 0 saturated carbocycles. The number of benzene rings is 2. The summed E-state index contributed by atoms with van der Waals surface area (Å²) in [7, 11) is 0. The molecule has 9 heteroatoms. The number of hydrogen-bond donors (Lipinski definition) is 1. The van der Waals surface area contributed by atoms with Crippen molar-refractivity contribution in [2.24, 2.45) is 11.8 Å². The fourth-order valence-electron chi connectivity index (χ4n) is 7.21. The summed E-state index contributed by atoms with van der Waals surface area (Å²) in [5, 5.41) is 9.70. The Morgan fingerprint density at radius 3 is 2.31 bits per heavy atom. The van der Waals surface area contributed by atoms with Crippen molar-refractivity contribution in [3.8, 4) is 0 Å². The van der Waals surface area contributed by atoms with E-state index in [2.05, 4.69) is 29.1 Å². The van der Waals surface area contributed by atoms with Gasteiger partial charge in [-0.3, -0.25) is 14.4 Å². The fourth-order valence-corrected chi connectivity index (χ4v) is 8.15. The highest BCUT2D eigenvalue weighted by atomic mass is 79.9. The molecule has 3 saturated heterocycles.